The molecule has 108 valence electrons. The van der Waals surface area contributed by atoms with Crippen molar-refractivity contribution in [2.75, 3.05) is 4.90 Å². The molecule has 1 heterocycles. The summed E-state index contributed by atoms with van der Waals surface area (Å²) in [5.74, 6) is 0. The molecule has 22 heavy (non-hydrogen) atoms. The van der Waals surface area contributed by atoms with E-state index in [1.807, 2.05) is 0 Å². The average Bonchev–Trinajstić information content (AvgIpc) is 2.54. The molecule has 0 fully saturated rings. The van der Waals surface area contributed by atoms with Crippen molar-refractivity contribution in [3.8, 4) is 0 Å². The van der Waals surface area contributed by atoms with Crippen molar-refractivity contribution in [1.29, 1.82) is 0 Å². The summed E-state index contributed by atoms with van der Waals surface area (Å²) >= 11 is 0. The van der Waals surface area contributed by atoms with E-state index in [9.17, 15) is 0 Å². The van der Waals surface area contributed by atoms with Gasteiger partial charge in [0.25, 0.3) is 0 Å². The molecule has 2 aromatic carbocycles. The van der Waals surface area contributed by atoms with Gasteiger partial charge in [0, 0.05) is 5.70 Å². The molecule has 1 nitrogen and oxygen atoms in total. The SMILES string of the molecule is Cc1cccc(C)c1N1C2=CC=CCC2=Cc2ccccc21. The summed E-state index contributed by atoms with van der Waals surface area (Å²) in [5.41, 5.74) is 9.19. The first-order valence-corrected chi connectivity index (χ1v) is 7.79. The Balaban J connectivity index is 2.02. The fourth-order valence-electron chi connectivity index (χ4n) is 3.45. The van der Waals surface area contributed by atoms with E-state index in [0.717, 1.165) is 6.42 Å². The molecule has 0 radical (unpaired) electrons. The largest absolute Gasteiger partial charge is 0.309 e. The Labute approximate surface area is 131 Å². The summed E-state index contributed by atoms with van der Waals surface area (Å²) in [6, 6.07) is 15.2. The lowest BCUT2D eigenvalue weighted by molar-refractivity contribution is 1.07. The molecule has 0 N–H and O–H groups in total. The van der Waals surface area contributed by atoms with Crippen LogP contribution < -0.4 is 4.90 Å². The average molecular weight is 285 g/mol. The van der Waals surface area contributed by atoms with E-state index >= 15 is 0 Å². The van der Waals surface area contributed by atoms with Gasteiger partial charge in [-0.15, -0.1) is 0 Å². The van der Waals surface area contributed by atoms with Crippen LogP contribution in [0.3, 0.4) is 0 Å². The highest BCUT2D eigenvalue weighted by Crippen LogP contribution is 2.44. The Kier molecular flexibility index (Phi) is 3.00. The molecule has 2 aliphatic rings. The molecule has 0 saturated heterocycles. The number of benzene rings is 2. The molecule has 4 rings (SSSR count). The topological polar surface area (TPSA) is 3.24 Å². The second-order valence-corrected chi connectivity index (χ2v) is 5.99. The highest BCUT2D eigenvalue weighted by molar-refractivity contribution is 5.87. The molecule has 0 unspecified atom stereocenters. The van der Waals surface area contributed by atoms with Crippen molar-refractivity contribution in [1.82, 2.24) is 0 Å². The fourth-order valence-corrected chi connectivity index (χ4v) is 3.45. The normalized spacial score (nSPS) is 15.8. The van der Waals surface area contributed by atoms with Crippen LogP contribution in [0.1, 0.15) is 23.1 Å². The number of fused-ring (bicyclic) bond motifs is 2. The number of para-hydroxylation sites is 2. The van der Waals surface area contributed by atoms with Crippen LogP contribution in [0.2, 0.25) is 0 Å². The number of hydrogen-bond acceptors (Lipinski definition) is 1. The van der Waals surface area contributed by atoms with Gasteiger partial charge < -0.3 is 4.90 Å². The van der Waals surface area contributed by atoms with E-state index < -0.39 is 0 Å². The van der Waals surface area contributed by atoms with E-state index in [1.54, 1.807) is 0 Å². The summed E-state index contributed by atoms with van der Waals surface area (Å²) in [7, 11) is 0. The van der Waals surface area contributed by atoms with Crippen LogP contribution in [0.5, 0.6) is 0 Å². The first kappa shape index (κ1) is 13.1. The van der Waals surface area contributed by atoms with Crippen LogP contribution in [0.25, 0.3) is 6.08 Å². The Morgan fingerprint density at radius 2 is 1.68 bits per heavy atom. The number of rotatable bonds is 1. The minimum Gasteiger partial charge on any atom is -0.309 e. The third kappa shape index (κ3) is 1.93. The lowest BCUT2D eigenvalue weighted by Crippen LogP contribution is -2.24. The summed E-state index contributed by atoms with van der Waals surface area (Å²) in [4.78, 5) is 2.43. The molecule has 2 aromatic rings. The Morgan fingerprint density at radius 3 is 2.50 bits per heavy atom. The molecular weight excluding hydrogens is 266 g/mol. The van der Waals surface area contributed by atoms with E-state index in [0.29, 0.717) is 0 Å². The molecule has 1 heteroatoms. The Hall–Kier alpha value is -2.54. The van der Waals surface area contributed by atoms with Gasteiger partial charge in [0.2, 0.25) is 0 Å². The molecule has 1 aliphatic heterocycles. The van der Waals surface area contributed by atoms with Gasteiger partial charge >= 0.3 is 0 Å². The summed E-state index contributed by atoms with van der Waals surface area (Å²) in [5, 5.41) is 0. The lowest BCUT2D eigenvalue weighted by Gasteiger charge is -2.36. The van der Waals surface area contributed by atoms with E-state index in [-0.39, 0.29) is 0 Å². The van der Waals surface area contributed by atoms with Gasteiger partial charge in [0.1, 0.15) is 0 Å². The zero-order valence-corrected chi connectivity index (χ0v) is 13.0. The number of allylic oxidation sites excluding steroid dienone is 4. The van der Waals surface area contributed by atoms with Crippen molar-refractivity contribution in [2.45, 2.75) is 20.3 Å². The van der Waals surface area contributed by atoms with Gasteiger partial charge in [0.05, 0.1) is 11.4 Å². The standard InChI is InChI=1S/C21H19N/c1-15-8-7-9-16(2)21(15)22-19-12-5-3-10-17(19)14-18-11-4-6-13-20(18)22/h3-10,12-14H,11H2,1-2H3. The van der Waals surface area contributed by atoms with Crippen LogP contribution in [0, 0.1) is 13.8 Å². The first-order valence-electron chi connectivity index (χ1n) is 7.79. The van der Waals surface area contributed by atoms with Gasteiger partial charge in [-0.2, -0.15) is 0 Å². The van der Waals surface area contributed by atoms with Crippen LogP contribution in [-0.4, -0.2) is 0 Å². The van der Waals surface area contributed by atoms with Crippen molar-refractivity contribution >= 4 is 17.5 Å². The van der Waals surface area contributed by atoms with Crippen LogP contribution >= 0.6 is 0 Å². The molecule has 0 spiro atoms. The highest BCUT2D eigenvalue weighted by atomic mass is 15.2. The minimum atomic E-state index is 1.00. The first-order chi connectivity index (χ1) is 10.8. The predicted octanol–water partition coefficient (Wildman–Crippen LogP) is 5.68. The molecule has 0 aromatic heterocycles. The van der Waals surface area contributed by atoms with Gasteiger partial charge in [-0.25, -0.2) is 0 Å². The second-order valence-electron chi connectivity index (χ2n) is 5.99. The number of nitrogens with zero attached hydrogens (tertiary/aromatic N) is 1. The fraction of sp³-hybridized carbons (Fsp3) is 0.143. The maximum atomic E-state index is 2.43. The van der Waals surface area contributed by atoms with Crippen molar-refractivity contribution < 1.29 is 0 Å². The minimum absolute atomic E-state index is 1.00. The van der Waals surface area contributed by atoms with Crippen LogP contribution in [0.4, 0.5) is 11.4 Å². The van der Waals surface area contributed by atoms with Crippen LogP contribution in [-0.2, 0) is 0 Å². The smallest absolute Gasteiger partial charge is 0.0534 e. The molecule has 0 atom stereocenters. The van der Waals surface area contributed by atoms with Crippen molar-refractivity contribution in [3.63, 3.8) is 0 Å². The van der Waals surface area contributed by atoms with Gasteiger partial charge in [-0.1, -0.05) is 48.6 Å². The number of hydrogen-bond donors (Lipinski definition) is 0. The van der Waals surface area contributed by atoms with Crippen molar-refractivity contribution in [3.05, 3.63) is 88.7 Å². The quantitative estimate of drug-likeness (QED) is 0.651. The van der Waals surface area contributed by atoms with Crippen molar-refractivity contribution in [2.24, 2.45) is 0 Å². The third-order valence-electron chi connectivity index (χ3n) is 4.47. The maximum Gasteiger partial charge on any atom is 0.0534 e. The maximum absolute atomic E-state index is 2.43. The molecule has 0 amide bonds. The molecule has 1 aliphatic carbocycles. The zero-order valence-electron chi connectivity index (χ0n) is 13.0. The van der Waals surface area contributed by atoms with Gasteiger partial charge in [0.15, 0.2) is 0 Å². The van der Waals surface area contributed by atoms with E-state index in [4.69, 9.17) is 0 Å². The Bertz CT molecular complexity index is 816. The second kappa shape index (κ2) is 5.03. The van der Waals surface area contributed by atoms with E-state index in [2.05, 4.69) is 85.5 Å². The lowest BCUT2D eigenvalue weighted by atomic mass is 9.92. The zero-order chi connectivity index (χ0) is 15.1. The predicted molar refractivity (Wildman–Crippen MR) is 94.3 cm³/mol. The van der Waals surface area contributed by atoms with Gasteiger partial charge in [-0.05, 0) is 60.8 Å². The third-order valence-corrected chi connectivity index (χ3v) is 4.47. The number of anilines is 2. The molecule has 0 bridgehead atoms. The van der Waals surface area contributed by atoms with Crippen LogP contribution in [0.15, 0.2) is 72.0 Å². The summed E-state index contributed by atoms with van der Waals surface area (Å²) in [6.45, 7) is 4.39. The number of aryl methyl sites for hydroxylation is 2. The molecular formula is C21H19N. The Morgan fingerprint density at radius 1 is 0.909 bits per heavy atom. The van der Waals surface area contributed by atoms with E-state index in [1.165, 1.54) is 39.3 Å². The molecule has 0 saturated carbocycles. The summed E-state index contributed by atoms with van der Waals surface area (Å²) < 4.78 is 0. The summed E-state index contributed by atoms with van der Waals surface area (Å²) in [6.07, 6.45) is 9.96. The highest BCUT2D eigenvalue weighted by Gasteiger charge is 2.26. The van der Waals surface area contributed by atoms with Gasteiger partial charge in [-0.3, -0.25) is 0 Å². The monoisotopic (exact) mass is 285 g/mol.